The van der Waals surface area contributed by atoms with Crippen LogP contribution in [0.3, 0.4) is 0 Å². The fraction of sp³-hybridized carbons (Fsp3) is 0.333. The predicted octanol–water partition coefficient (Wildman–Crippen LogP) is 1.85. The molecule has 0 radical (unpaired) electrons. The number of methoxy groups -OCH3 is 1. The Labute approximate surface area is 122 Å². The molecule has 1 aromatic heterocycles. The zero-order valence-corrected chi connectivity index (χ0v) is 12.3. The van der Waals surface area contributed by atoms with Crippen molar-refractivity contribution in [1.29, 1.82) is 0 Å². The van der Waals surface area contributed by atoms with E-state index in [0.717, 1.165) is 22.4 Å². The van der Waals surface area contributed by atoms with E-state index < -0.39 is 0 Å². The molecule has 0 unspecified atom stereocenters. The van der Waals surface area contributed by atoms with Crippen LogP contribution in [0, 0.1) is 13.8 Å². The van der Waals surface area contributed by atoms with E-state index in [1.165, 1.54) is 7.11 Å². The molecule has 0 amide bonds. The first-order chi connectivity index (χ1) is 10.1. The van der Waals surface area contributed by atoms with Crippen molar-refractivity contribution in [2.75, 3.05) is 20.3 Å². The van der Waals surface area contributed by atoms with E-state index in [4.69, 9.17) is 14.6 Å². The van der Waals surface area contributed by atoms with Gasteiger partial charge in [-0.15, -0.1) is 5.10 Å². The molecule has 2 aromatic rings. The normalized spacial score (nSPS) is 10.5. The molecule has 2 N–H and O–H groups in total. The van der Waals surface area contributed by atoms with E-state index in [1.807, 2.05) is 19.9 Å². The summed E-state index contributed by atoms with van der Waals surface area (Å²) in [7, 11) is 1.35. The van der Waals surface area contributed by atoms with Crippen LogP contribution in [-0.2, 0) is 4.74 Å². The summed E-state index contributed by atoms with van der Waals surface area (Å²) in [4.78, 5) is 11.6. The van der Waals surface area contributed by atoms with Crippen LogP contribution in [-0.4, -0.2) is 41.6 Å². The minimum absolute atomic E-state index is 0.0709. The first-order valence-corrected chi connectivity index (χ1v) is 6.56. The zero-order chi connectivity index (χ0) is 15.4. The summed E-state index contributed by atoms with van der Waals surface area (Å²) < 4.78 is 10.1. The van der Waals surface area contributed by atoms with E-state index in [0.29, 0.717) is 11.4 Å². The second-order valence-corrected chi connectivity index (χ2v) is 4.62. The molecule has 0 aliphatic heterocycles. The third-order valence-electron chi connectivity index (χ3n) is 3.22. The molecule has 1 aromatic carbocycles. The lowest BCUT2D eigenvalue weighted by atomic mass is 10.0. The predicted molar refractivity (Wildman–Crippen MR) is 77.4 cm³/mol. The van der Waals surface area contributed by atoms with Gasteiger partial charge in [0.15, 0.2) is 0 Å². The van der Waals surface area contributed by atoms with Crippen molar-refractivity contribution in [1.82, 2.24) is 10.2 Å². The lowest BCUT2D eigenvalue weighted by molar-refractivity contribution is 0.0601. The number of benzene rings is 1. The van der Waals surface area contributed by atoms with Gasteiger partial charge in [-0.2, -0.15) is 0 Å². The first-order valence-electron chi connectivity index (χ1n) is 6.56. The minimum Gasteiger partial charge on any atom is -0.474 e. The average Bonchev–Trinajstić information content (AvgIpc) is 2.86. The third kappa shape index (κ3) is 3.05. The maximum atomic E-state index is 11.6. The number of aliphatic hydroxyl groups is 1. The molecule has 0 saturated carbocycles. The fourth-order valence-corrected chi connectivity index (χ4v) is 2.06. The Morgan fingerprint density at radius 2 is 2.14 bits per heavy atom. The molecule has 0 aliphatic carbocycles. The molecular formula is C15H18N2O4. The Balaban J connectivity index is 2.41. The molecule has 0 fully saturated rings. The Morgan fingerprint density at radius 3 is 2.81 bits per heavy atom. The molecular weight excluding hydrogens is 272 g/mol. The second kappa shape index (κ2) is 6.41. The maximum absolute atomic E-state index is 11.6. The number of rotatable bonds is 5. The fourth-order valence-electron chi connectivity index (χ4n) is 2.06. The third-order valence-corrected chi connectivity index (χ3v) is 3.22. The summed E-state index contributed by atoms with van der Waals surface area (Å²) in [6, 6.07) is 5.34. The molecule has 21 heavy (non-hydrogen) atoms. The molecule has 0 bridgehead atoms. The lowest BCUT2D eigenvalue weighted by Gasteiger charge is -2.07. The van der Waals surface area contributed by atoms with Crippen LogP contribution in [0.25, 0.3) is 11.3 Å². The van der Waals surface area contributed by atoms with Crippen molar-refractivity contribution < 1.29 is 19.4 Å². The highest BCUT2D eigenvalue weighted by molar-refractivity contribution is 5.91. The van der Waals surface area contributed by atoms with Gasteiger partial charge in [0.25, 0.3) is 0 Å². The summed E-state index contributed by atoms with van der Waals surface area (Å²) in [5, 5.41) is 15.8. The average molecular weight is 290 g/mol. The quantitative estimate of drug-likeness (QED) is 0.821. The number of carbonyl (C=O) groups is 1. The highest BCUT2D eigenvalue weighted by Crippen LogP contribution is 2.30. The lowest BCUT2D eigenvalue weighted by Crippen LogP contribution is -2.03. The highest BCUT2D eigenvalue weighted by Gasteiger charge is 2.16. The zero-order valence-electron chi connectivity index (χ0n) is 12.3. The number of aromatic amines is 1. The topological polar surface area (TPSA) is 84.4 Å². The Kier molecular flexibility index (Phi) is 4.59. The number of nitrogens with zero attached hydrogens (tertiary/aromatic N) is 1. The largest absolute Gasteiger partial charge is 0.474 e. The summed E-state index contributed by atoms with van der Waals surface area (Å²) in [5.41, 5.74) is 3.95. The van der Waals surface area contributed by atoms with Gasteiger partial charge in [-0.05, 0) is 31.5 Å². The monoisotopic (exact) mass is 290 g/mol. The van der Waals surface area contributed by atoms with Crippen molar-refractivity contribution >= 4 is 5.97 Å². The molecule has 6 nitrogen and oxygen atoms in total. The smallest absolute Gasteiger partial charge is 0.337 e. The number of carbonyl (C=O) groups excluding carboxylic acids is 1. The van der Waals surface area contributed by atoms with E-state index >= 15 is 0 Å². The van der Waals surface area contributed by atoms with Crippen LogP contribution in [0.15, 0.2) is 18.2 Å². The highest BCUT2D eigenvalue weighted by atomic mass is 16.5. The van der Waals surface area contributed by atoms with Gasteiger partial charge in [-0.25, -0.2) is 4.79 Å². The molecule has 1 heterocycles. The minimum atomic E-state index is -0.384. The summed E-state index contributed by atoms with van der Waals surface area (Å²) in [6.45, 7) is 3.94. The van der Waals surface area contributed by atoms with Gasteiger partial charge in [-0.1, -0.05) is 6.07 Å². The van der Waals surface area contributed by atoms with E-state index in [9.17, 15) is 4.79 Å². The van der Waals surface area contributed by atoms with Crippen LogP contribution in [0.2, 0.25) is 0 Å². The second-order valence-electron chi connectivity index (χ2n) is 4.62. The first kappa shape index (κ1) is 15.1. The number of aromatic nitrogens is 2. The number of aliphatic hydroxyl groups excluding tert-OH is 1. The van der Waals surface area contributed by atoms with Crippen LogP contribution in [0.1, 0.15) is 21.5 Å². The summed E-state index contributed by atoms with van der Waals surface area (Å²) in [5.74, 6) is 0.0621. The number of ether oxygens (including phenoxy) is 2. The molecule has 0 saturated heterocycles. The van der Waals surface area contributed by atoms with Crippen LogP contribution in [0.5, 0.6) is 5.88 Å². The number of hydrogen-bond acceptors (Lipinski definition) is 5. The standard InChI is InChI=1S/C15H18N2O4/c1-9-4-5-11(15(19)20-3)8-12(9)13-10(2)14(17-16-13)21-7-6-18/h4-5,8,18H,6-7H2,1-3H3,(H,16,17). The van der Waals surface area contributed by atoms with Crippen molar-refractivity contribution in [2.24, 2.45) is 0 Å². The van der Waals surface area contributed by atoms with Crippen molar-refractivity contribution in [3.8, 4) is 17.1 Å². The molecule has 0 atom stereocenters. The molecule has 2 rings (SSSR count). The Morgan fingerprint density at radius 1 is 1.38 bits per heavy atom. The maximum Gasteiger partial charge on any atom is 0.337 e. The van der Waals surface area contributed by atoms with Crippen molar-refractivity contribution in [2.45, 2.75) is 13.8 Å². The molecule has 6 heteroatoms. The van der Waals surface area contributed by atoms with Crippen molar-refractivity contribution in [3.05, 3.63) is 34.9 Å². The molecule has 0 spiro atoms. The van der Waals surface area contributed by atoms with Crippen LogP contribution in [0.4, 0.5) is 0 Å². The van der Waals surface area contributed by atoms with Crippen LogP contribution < -0.4 is 4.74 Å². The van der Waals surface area contributed by atoms with Crippen molar-refractivity contribution in [3.63, 3.8) is 0 Å². The van der Waals surface area contributed by atoms with Gasteiger partial charge >= 0.3 is 5.97 Å². The Hall–Kier alpha value is -2.34. The van der Waals surface area contributed by atoms with Crippen LogP contribution >= 0.6 is 0 Å². The summed E-state index contributed by atoms with van der Waals surface area (Å²) >= 11 is 0. The molecule has 0 aliphatic rings. The van der Waals surface area contributed by atoms with Gasteiger partial charge in [-0.3, -0.25) is 5.10 Å². The van der Waals surface area contributed by atoms with E-state index in [2.05, 4.69) is 10.2 Å². The van der Waals surface area contributed by atoms with Gasteiger partial charge in [0, 0.05) is 11.1 Å². The van der Waals surface area contributed by atoms with Gasteiger partial charge < -0.3 is 14.6 Å². The number of hydrogen-bond donors (Lipinski definition) is 2. The number of aryl methyl sites for hydroxylation is 1. The number of H-pyrrole nitrogens is 1. The summed E-state index contributed by atoms with van der Waals surface area (Å²) in [6.07, 6.45) is 0. The van der Waals surface area contributed by atoms with Gasteiger partial charge in [0.1, 0.15) is 6.61 Å². The van der Waals surface area contributed by atoms with E-state index in [1.54, 1.807) is 12.1 Å². The number of esters is 1. The van der Waals surface area contributed by atoms with E-state index in [-0.39, 0.29) is 19.2 Å². The Bertz CT molecular complexity index is 649. The number of nitrogens with one attached hydrogen (secondary N) is 1. The van der Waals surface area contributed by atoms with Gasteiger partial charge in [0.2, 0.25) is 5.88 Å². The molecule has 112 valence electrons. The van der Waals surface area contributed by atoms with Gasteiger partial charge in [0.05, 0.1) is 25.0 Å². The SMILES string of the molecule is COC(=O)c1ccc(C)c(-c2[nH]nc(OCCO)c2C)c1.